The van der Waals surface area contributed by atoms with Gasteiger partial charge in [-0.05, 0) is 37.2 Å². The fourth-order valence-electron chi connectivity index (χ4n) is 4.07. The third-order valence-electron chi connectivity index (χ3n) is 5.49. The Hall–Kier alpha value is -2.15. The summed E-state index contributed by atoms with van der Waals surface area (Å²) in [6.45, 7) is 3.96. The highest BCUT2D eigenvalue weighted by atomic mass is 16.5. The molecule has 4 rings (SSSR count). The molecule has 1 saturated carbocycles. The van der Waals surface area contributed by atoms with E-state index < -0.39 is 0 Å². The molecule has 2 aromatic heterocycles. The van der Waals surface area contributed by atoms with E-state index in [1.807, 2.05) is 4.90 Å². The number of aromatic amines is 1. The molecule has 0 unspecified atom stereocenters. The molecule has 1 amide bonds. The van der Waals surface area contributed by atoms with Crippen LogP contribution in [-0.2, 0) is 17.8 Å². The minimum atomic E-state index is 0.0722. The molecule has 1 aliphatic carbocycles. The first kappa shape index (κ1) is 17.3. The van der Waals surface area contributed by atoms with Gasteiger partial charge in [-0.1, -0.05) is 6.92 Å². The second kappa shape index (κ2) is 7.23. The number of H-pyrrole nitrogens is 1. The molecule has 2 aromatic rings. The lowest BCUT2D eigenvalue weighted by atomic mass is 9.91. The van der Waals surface area contributed by atoms with Crippen LogP contribution in [0.1, 0.15) is 59.9 Å². The average molecular weight is 358 g/mol. The van der Waals surface area contributed by atoms with Crippen LogP contribution in [0.5, 0.6) is 0 Å². The number of nitrogens with one attached hydrogen (secondary N) is 1. The molecule has 3 heterocycles. The highest BCUT2D eigenvalue weighted by Gasteiger charge is 2.46. The number of aromatic nitrogens is 3. The number of likely N-dealkylation sites (tertiary alicyclic amines) is 1. The van der Waals surface area contributed by atoms with E-state index in [-0.39, 0.29) is 11.8 Å². The second-order valence-electron chi connectivity index (χ2n) is 7.40. The van der Waals surface area contributed by atoms with Gasteiger partial charge in [-0.3, -0.25) is 9.89 Å². The molecule has 1 aliphatic heterocycles. The molecule has 0 aromatic carbocycles. The number of hydrogen-bond donors (Lipinski definition) is 1. The van der Waals surface area contributed by atoms with Gasteiger partial charge in [0.2, 0.25) is 0 Å². The summed E-state index contributed by atoms with van der Waals surface area (Å²) in [6, 6.07) is 1.80. The van der Waals surface area contributed by atoms with Crippen molar-refractivity contribution in [1.29, 1.82) is 0 Å². The van der Waals surface area contributed by atoms with Gasteiger partial charge in [0, 0.05) is 32.5 Å². The standard InChI is InChI=1S/C19H26N4O3/c1-3-4-16-13(7-8-26-16)19(24)23-9-14(12-5-6-12)15(10-23)18-20-17(11-25-2)21-22-18/h7-8,12,14-15H,3-6,9-11H2,1-2H3,(H,20,21,22)/t14-,15+/m1/s1. The number of hydrogen-bond acceptors (Lipinski definition) is 5. The number of furan rings is 1. The van der Waals surface area contributed by atoms with Crippen molar-refractivity contribution < 1.29 is 13.9 Å². The third-order valence-corrected chi connectivity index (χ3v) is 5.49. The molecule has 0 bridgehead atoms. The summed E-state index contributed by atoms with van der Waals surface area (Å²) in [4.78, 5) is 19.6. The molecule has 0 spiro atoms. The van der Waals surface area contributed by atoms with E-state index in [4.69, 9.17) is 9.15 Å². The van der Waals surface area contributed by atoms with Crippen LogP contribution in [0.2, 0.25) is 0 Å². The van der Waals surface area contributed by atoms with Crippen molar-refractivity contribution in [3.8, 4) is 0 Å². The summed E-state index contributed by atoms with van der Waals surface area (Å²) in [6.07, 6.45) is 5.85. The fraction of sp³-hybridized carbons (Fsp3) is 0.632. The average Bonchev–Trinajstić information content (AvgIpc) is 3.04. The maximum Gasteiger partial charge on any atom is 0.257 e. The van der Waals surface area contributed by atoms with Crippen molar-refractivity contribution in [3.05, 3.63) is 35.3 Å². The molecule has 26 heavy (non-hydrogen) atoms. The molecule has 7 nitrogen and oxygen atoms in total. The van der Waals surface area contributed by atoms with Crippen LogP contribution in [0.4, 0.5) is 0 Å². The Morgan fingerprint density at radius 2 is 2.27 bits per heavy atom. The number of carbonyl (C=O) groups is 1. The van der Waals surface area contributed by atoms with Gasteiger partial charge in [0.15, 0.2) is 11.6 Å². The Morgan fingerprint density at radius 1 is 1.42 bits per heavy atom. The van der Waals surface area contributed by atoms with Crippen LogP contribution < -0.4 is 0 Å². The van der Waals surface area contributed by atoms with Crippen molar-refractivity contribution in [1.82, 2.24) is 20.1 Å². The Kier molecular flexibility index (Phi) is 4.80. The SMILES string of the molecule is CCCc1occc1C(=O)N1C[C@H](c2n[nH]c(COC)n2)[C@@H](C2CC2)C1. The maximum absolute atomic E-state index is 13.1. The first-order valence-electron chi connectivity index (χ1n) is 9.47. The van der Waals surface area contributed by atoms with Crippen LogP contribution in [-0.4, -0.2) is 46.2 Å². The van der Waals surface area contributed by atoms with E-state index in [9.17, 15) is 4.79 Å². The zero-order valence-electron chi connectivity index (χ0n) is 15.4. The molecule has 140 valence electrons. The molecular weight excluding hydrogens is 332 g/mol. The number of aryl methyl sites for hydroxylation is 1. The van der Waals surface area contributed by atoms with E-state index in [0.717, 1.165) is 36.8 Å². The smallest absolute Gasteiger partial charge is 0.257 e. The first-order valence-corrected chi connectivity index (χ1v) is 9.47. The van der Waals surface area contributed by atoms with Crippen molar-refractivity contribution in [2.45, 2.75) is 45.1 Å². The van der Waals surface area contributed by atoms with Crippen molar-refractivity contribution in [3.63, 3.8) is 0 Å². The summed E-state index contributed by atoms with van der Waals surface area (Å²) in [7, 11) is 1.64. The van der Waals surface area contributed by atoms with E-state index >= 15 is 0 Å². The van der Waals surface area contributed by atoms with E-state index in [1.165, 1.54) is 12.8 Å². The summed E-state index contributed by atoms with van der Waals surface area (Å²) in [5.74, 6) is 3.72. The van der Waals surface area contributed by atoms with Gasteiger partial charge in [0.05, 0.1) is 11.8 Å². The van der Waals surface area contributed by atoms with Gasteiger partial charge in [-0.25, -0.2) is 4.98 Å². The number of carbonyl (C=O) groups excluding carboxylic acids is 1. The van der Waals surface area contributed by atoms with E-state index in [2.05, 4.69) is 22.1 Å². The van der Waals surface area contributed by atoms with Gasteiger partial charge in [-0.15, -0.1) is 0 Å². The molecule has 0 radical (unpaired) electrons. The Balaban J connectivity index is 1.53. The largest absolute Gasteiger partial charge is 0.469 e. The van der Waals surface area contributed by atoms with Gasteiger partial charge in [-0.2, -0.15) is 5.10 Å². The minimum absolute atomic E-state index is 0.0722. The van der Waals surface area contributed by atoms with Crippen molar-refractivity contribution in [2.24, 2.45) is 11.8 Å². The molecule has 7 heteroatoms. The van der Waals surface area contributed by atoms with Crippen LogP contribution in [0.25, 0.3) is 0 Å². The lowest BCUT2D eigenvalue weighted by Gasteiger charge is -2.16. The molecule has 2 fully saturated rings. The lowest BCUT2D eigenvalue weighted by Crippen LogP contribution is -2.29. The van der Waals surface area contributed by atoms with E-state index in [0.29, 0.717) is 30.6 Å². The number of amides is 1. The third kappa shape index (κ3) is 3.28. The van der Waals surface area contributed by atoms with Crippen LogP contribution in [0, 0.1) is 11.8 Å². The number of ether oxygens (including phenoxy) is 1. The lowest BCUT2D eigenvalue weighted by molar-refractivity contribution is 0.0782. The zero-order valence-corrected chi connectivity index (χ0v) is 15.4. The first-order chi connectivity index (χ1) is 12.7. The normalized spacial score (nSPS) is 22.9. The molecular formula is C19H26N4O3. The predicted octanol–water partition coefficient (Wildman–Crippen LogP) is 2.76. The quantitative estimate of drug-likeness (QED) is 0.823. The molecule has 2 atom stereocenters. The van der Waals surface area contributed by atoms with Crippen LogP contribution >= 0.6 is 0 Å². The fourth-order valence-corrected chi connectivity index (χ4v) is 4.07. The summed E-state index contributed by atoms with van der Waals surface area (Å²) >= 11 is 0. The second-order valence-corrected chi connectivity index (χ2v) is 7.40. The number of methoxy groups -OCH3 is 1. The zero-order chi connectivity index (χ0) is 18.1. The Labute approximate surface area is 153 Å². The van der Waals surface area contributed by atoms with Gasteiger partial charge in [0.25, 0.3) is 5.91 Å². The summed E-state index contributed by atoms with van der Waals surface area (Å²) < 4.78 is 10.6. The van der Waals surface area contributed by atoms with Gasteiger partial charge < -0.3 is 14.1 Å². The minimum Gasteiger partial charge on any atom is -0.469 e. The monoisotopic (exact) mass is 358 g/mol. The number of rotatable bonds is 7. The molecule has 1 N–H and O–H groups in total. The van der Waals surface area contributed by atoms with Gasteiger partial charge >= 0.3 is 0 Å². The van der Waals surface area contributed by atoms with Crippen LogP contribution in [0.3, 0.4) is 0 Å². The van der Waals surface area contributed by atoms with Crippen molar-refractivity contribution >= 4 is 5.91 Å². The highest BCUT2D eigenvalue weighted by Crippen LogP contribution is 2.47. The van der Waals surface area contributed by atoms with Crippen LogP contribution in [0.15, 0.2) is 16.7 Å². The topological polar surface area (TPSA) is 84.2 Å². The molecule has 1 saturated heterocycles. The summed E-state index contributed by atoms with van der Waals surface area (Å²) in [5.41, 5.74) is 0.706. The maximum atomic E-state index is 13.1. The predicted molar refractivity (Wildman–Crippen MR) is 94.7 cm³/mol. The number of nitrogens with zero attached hydrogens (tertiary/aromatic N) is 3. The Bertz CT molecular complexity index is 764. The van der Waals surface area contributed by atoms with Gasteiger partial charge in [0.1, 0.15) is 12.4 Å². The highest BCUT2D eigenvalue weighted by molar-refractivity contribution is 5.95. The Morgan fingerprint density at radius 3 is 3.00 bits per heavy atom. The van der Waals surface area contributed by atoms with Crippen molar-refractivity contribution in [2.75, 3.05) is 20.2 Å². The van der Waals surface area contributed by atoms with E-state index in [1.54, 1.807) is 19.4 Å². The molecule has 2 aliphatic rings. The summed E-state index contributed by atoms with van der Waals surface area (Å²) in [5, 5.41) is 7.36.